The summed E-state index contributed by atoms with van der Waals surface area (Å²) in [6.07, 6.45) is 4.40. The first-order valence-corrected chi connectivity index (χ1v) is 9.62. The fourth-order valence-electron chi connectivity index (χ4n) is 2.60. The summed E-state index contributed by atoms with van der Waals surface area (Å²) in [6, 6.07) is 2.09. The summed E-state index contributed by atoms with van der Waals surface area (Å²) in [6.45, 7) is 4.40. The van der Waals surface area contributed by atoms with Crippen LogP contribution >= 0.6 is 34.7 Å². The summed E-state index contributed by atoms with van der Waals surface area (Å²) in [5.41, 5.74) is 2.09. The van der Waals surface area contributed by atoms with E-state index in [1.54, 1.807) is 11.3 Å². The van der Waals surface area contributed by atoms with Gasteiger partial charge in [0.05, 0.1) is 5.56 Å². The Labute approximate surface area is 138 Å². The molecule has 1 aliphatic rings. The molecule has 1 aliphatic heterocycles. The van der Waals surface area contributed by atoms with Gasteiger partial charge >= 0.3 is 0 Å². The van der Waals surface area contributed by atoms with E-state index >= 15 is 0 Å². The van der Waals surface area contributed by atoms with Crippen LogP contribution in [0.2, 0.25) is 5.15 Å². The van der Waals surface area contributed by atoms with E-state index in [-0.39, 0.29) is 0 Å². The Morgan fingerprint density at radius 1 is 1.33 bits per heavy atom. The van der Waals surface area contributed by atoms with Crippen LogP contribution in [-0.4, -0.2) is 29.3 Å². The molecule has 0 saturated carbocycles. The summed E-state index contributed by atoms with van der Waals surface area (Å²) in [5, 5.41) is 5.48. The predicted octanol–water partition coefficient (Wildman–Crippen LogP) is 4.82. The molecule has 3 rings (SSSR count). The number of anilines is 1. The van der Waals surface area contributed by atoms with Gasteiger partial charge in [-0.15, -0.1) is 0 Å². The molecule has 0 unspecified atom stereocenters. The van der Waals surface area contributed by atoms with E-state index in [1.165, 1.54) is 24.6 Å². The molecule has 0 bridgehead atoms. The molecule has 3 heterocycles. The van der Waals surface area contributed by atoms with Crippen molar-refractivity contribution in [2.24, 2.45) is 5.92 Å². The standard InChI is InChI=1S/C15H18ClN3S2/c1-10-3-6-19(7-4-10)14-12(11-5-8-21-9-11)13(16)17-15(18-14)20-2/h5,8-10H,3-4,6-7H2,1-2H3. The maximum Gasteiger partial charge on any atom is 0.190 e. The minimum Gasteiger partial charge on any atom is -0.356 e. The molecule has 112 valence electrons. The van der Waals surface area contributed by atoms with Crippen molar-refractivity contribution in [1.29, 1.82) is 0 Å². The third-order valence-electron chi connectivity index (χ3n) is 3.90. The Balaban J connectivity index is 2.06. The van der Waals surface area contributed by atoms with E-state index in [2.05, 4.69) is 33.6 Å². The average molecular weight is 340 g/mol. The number of aromatic nitrogens is 2. The maximum atomic E-state index is 6.47. The van der Waals surface area contributed by atoms with Gasteiger partial charge in [-0.1, -0.05) is 30.3 Å². The SMILES string of the molecule is CSc1nc(Cl)c(-c2ccsc2)c(N2CCC(C)CC2)n1. The summed E-state index contributed by atoms with van der Waals surface area (Å²) < 4.78 is 0. The first-order valence-electron chi connectivity index (χ1n) is 7.08. The molecule has 3 nitrogen and oxygen atoms in total. The Kier molecular flexibility index (Phi) is 4.72. The van der Waals surface area contributed by atoms with Crippen LogP contribution in [0.15, 0.2) is 22.0 Å². The molecule has 2 aromatic heterocycles. The van der Waals surface area contributed by atoms with Crippen molar-refractivity contribution in [3.63, 3.8) is 0 Å². The van der Waals surface area contributed by atoms with Gasteiger partial charge in [0.2, 0.25) is 0 Å². The van der Waals surface area contributed by atoms with Crippen molar-refractivity contribution >= 4 is 40.5 Å². The smallest absolute Gasteiger partial charge is 0.190 e. The molecule has 0 aromatic carbocycles. The summed E-state index contributed by atoms with van der Waals surface area (Å²) in [4.78, 5) is 11.5. The molecule has 0 radical (unpaired) electrons. The average Bonchev–Trinajstić information content (AvgIpc) is 3.01. The molecule has 0 atom stereocenters. The van der Waals surface area contributed by atoms with Crippen molar-refractivity contribution in [2.75, 3.05) is 24.2 Å². The third kappa shape index (κ3) is 3.20. The van der Waals surface area contributed by atoms with Gasteiger partial charge in [-0.2, -0.15) is 11.3 Å². The molecule has 1 saturated heterocycles. The van der Waals surface area contributed by atoms with Crippen LogP contribution in [0.4, 0.5) is 5.82 Å². The lowest BCUT2D eigenvalue weighted by Gasteiger charge is -2.32. The van der Waals surface area contributed by atoms with E-state index in [1.807, 2.05) is 6.26 Å². The second-order valence-electron chi connectivity index (χ2n) is 5.38. The van der Waals surface area contributed by atoms with Crippen LogP contribution in [0.1, 0.15) is 19.8 Å². The Morgan fingerprint density at radius 2 is 2.10 bits per heavy atom. The number of nitrogens with zero attached hydrogens (tertiary/aromatic N) is 3. The zero-order valence-electron chi connectivity index (χ0n) is 12.2. The van der Waals surface area contributed by atoms with Crippen molar-refractivity contribution in [3.8, 4) is 11.1 Å². The first kappa shape index (κ1) is 15.1. The van der Waals surface area contributed by atoms with E-state index < -0.39 is 0 Å². The summed E-state index contributed by atoms with van der Waals surface area (Å²) in [7, 11) is 0. The number of thiophene rings is 1. The van der Waals surface area contributed by atoms with Crippen LogP contribution in [0.5, 0.6) is 0 Å². The number of hydrogen-bond acceptors (Lipinski definition) is 5. The van der Waals surface area contributed by atoms with Gasteiger partial charge in [-0.25, -0.2) is 9.97 Å². The van der Waals surface area contributed by atoms with E-state index in [4.69, 9.17) is 16.6 Å². The van der Waals surface area contributed by atoms with Crippen LogP contribution in [0.25, 0.3) is 11.1 Å². The number of rotatable bonds is 3. The zero-order valence-corrected chi connectivity index (χ0v) is 14.6. The van der Waals surface area contributed by atoms with E-state index in [0.29, 0.717) is 5.15 Å². The number of piperidine rings is 1. The second-order valence-corrected chi connectivity index (χ2v) is 7.29. The topological polar surface area (TPSA) is 29.0 Å². The van der Waals surface area contributed by atoms with Gasteiger partial charge in [-0.05, 0) is 47.4 Å². The summed E-state index contributed by atoms with van der Waals surface area (Å²) in [5.74, 6) is 1.79. The molecule has 21 heavy (non-hydrogen) atoms. The Morgan fingerprint density at radius 3 is 2.71 bits per heavy atom. The zero-order chi connectivity index (χ0) is 14.8. The fraction of sp³-hybridized carbons (Fsp3) is 0.467. The van der Waals surface area contributed by atoms with Gasteiger partial charge in [-0.3, -0.25) is 0 Å². The van der Waals surface area contributed by atoms with Crippen molar-refractivity contribution < 1.29 is 0 Å². The highest BCUT2D eigenvalue weighted by molar-refractivity contribution is 7.98. The Bertz CT molecular complexity index is 608. The molecule has 1 fully saturated rings. The minimum atomic E-state index is 0.557. The quantitative estimate of drug-likeness (QED) is 0.455. The second kappa shape index (κ2) is 6.55. The van der Waals surface area contributed by atoms with Crippen molar-refractivity contribution in [3.05, 3.63) is 22.0 Å². The van der Waals surface area contributed by atoms with Crippen molar-refractivity contribution in [2.45, 2.75) is 24.9 Å². The molecular formula is C15H18ClN3S2. The molecule has 6 heteroatoms. The van der Waals surface area contributed by atoms with E-state index in [0.717, 1.165) is 41.1 Å². The monoisotopic (exact) mass is 339 g/mol. The normalized spacial score (nSPS) is 16.4. The molecule has 0 amide bonds. The molecular weight excluding hydrogens is 322 g/mol. The van der Waals surface area contributed by atoms with Crippen LogP contribution in [0, 0.1) is 5.92 Å². The molecule has 0 aliphatic carbocycles. The van der Waals surface area contributed by atoms with Gasteiger partial charge in [0, 0.05) is 13.1 Å². The van der Waals surface area contributed by atoms with Crippen LogP contribution in [0.3, 0.4) is 0 Å². The molecule has 0 spiro atoms. The minimum absolute atomic E-state index is 0.557. The highest BCUT2D eigenvalue weighted by Crippen LogP contribution is 2.38. The maximum absolute atomic E-state index is 6.47. The number of hydrogen-bond donors (Lipinski definition) is 0. The number of halogens is 1. The van der Waals surface area contributed by atoms with Gasteiger partial charge < -0.3 is 4.90 Å². The third-order valence-corrected chi connectivity index (χ3v) is 5.41. The lowest BCUT2D eigenvalue weighted by atomic mass is 9.98. The first-order chi connectivity index (χ1) is 10.2. The number of thioether (sulfide) groups is 1. The van der Waals surface area contributed by atoms with Gasteiger partial charge in [0.15, 0.2) is 5.16 Å². The van der Waals surface area contributed by atoms with Gasteiger partial charge in [0.1, 0.15) is 11.0 Å². The van der Waals surface area contributed by atoms with Crippen LogP contribution in [-0.2, 0) is 0 Å². The van der Waals surface area contributed by atoms with Crippen LogP contribution < -0.4 is 4.90 Å². The summed E-state index contributed by atoms with van der Waals surface area (Å²) >= 11 is 9.67. The molecule has 2 aromatic rings. The highest BCUT2D eigenvalue weighted by atomic mass is 35.5. The van der Waals surface area contributed by atoms with Crippen molar-refractivity contribution in [1.82, 2.24) is 9.97 Å². The predicted molar refractivity (Wildman–Crippen MR) is 92.7 cm³/mol. The van der Waals surface area contributed by atoms with Gasteiger partial charge in [0.25, 0.3) is 0 Å². The lowest BCUT2D eigenvalue weighted by Crippen LogP contribution is -2.34. The molecule has 0 N–H and O–H groups in total. The fourth-order valence-corrected chi connectivity index (χ4v) is 3.93. The Hall–Kier alpha value is -0.780. The lowest BCUT2D eigenvalue weighted by molar-refractivity contribution is 0.436. The largest absolute Gasteiger partial charge is 0.356 e. The van der Waals surface area contributed by atoms with E-state index in [9.17, 15) is 0 Å². The highest BCUT2D eigenvalue weighted by Gasteiger charge is 2.23.